The summed E-state index contributed by atoms with van der Waals surface area (Å²) in [6.45, 7) is 10.4. The first kappa shape index (κ1) is 20.2. The Morgan fingerprint density at radius 2 is 1.92 bits per heavy atom. The molecule has 1 aliphatic heterocycles. The summed E-state index contributed by atoms with van der Waals surface area (Å²) < 4.78 is 18.5. The third-order valence-corrected chi connectivity index (χ3v) is 7.04. The summed E-state index contributed by atoms with van der Waals surface area (Å²) >= 11 is 0. The van der Waals surface area contributed by atoms with E-state index in [-0.39, 0.29) is 17.7 Å². The van der Waals surface area contributed by atoms with Gasteiger partial charge >= 0.3 is 0 Å². The van der Waals surface area contributed by atoms with Crippen LogP contribution in [0.1, 0.15) is 51.9 Å². The van der Waals surface area contributed by atoms with Crippen LogP contribution < -0.4 is 0 Å². The lowest BCUT2D eigenvalue weighted by molar-refractivity contribution is -0.157. The SMILES string of the molecule is CCCCCC(=O)/C=C/[C@@H]1[C@H]2CC3(C[C@H]2C[C@H]1O[Si](C)(C)C)OCCO3. The van der Waals surface area contributed by atoms with Gasteiger partial charge in [0.1, 0.15) is 0 Å². The Morgan fingerprint density at radius 3 is 2.58 bits per heavy atom. The predicted molar refractivity (Wildman–Crippen MR) is 105 cm³/mol. The van der Waals surface area contributed by atoms with Gasteiger partial charge in [0.05, 0.1) is 19.3 Å². The normalized spacial score (nSPS) is 33.4. The monoisotopic (exact) mass is 380 g/mol. The van der Waals surface area contributed by atoms with Crippen LogP contribution in [0.2, 0.25) is 19.6 Å². The second-order valence-electron chi connectivity index (χ2n) is 9.30. The third-order valence-electron chi connectivity index (χ3n) is 6.03. The highest BCUT2D eigenvalue weighted by molar-refractivity contribution is 6.69. The number of ketones is 1. The molecule has 1 saturated heterocycles. The van der Waals surface area contributed by atoms with Gasteiger partial charge in [0.25, 0.3) is 0 Å². The van der Waals surface area contributed by atoms with Gasteiger partial charge in [-0.1, -0.05) is 25.8 Å². The lowest BCUT2D eigenvalue weighted by Crippen LogP contribution is -2.36. The smallest absolute Gasteiger partial charge is 0.184 e. The van der Waals surface area contributed by atoms with Crippen molar-refractivity contribution in [3.63, 3.8) is 0 Å². The molecule has 1 heterocycles. The molecule has 0 radical (unpaired) electrons. The molecule has 148 valence electrons. The number of unbranched alkanes of at least 4 members (excludes halogenated alkanes) is 2. The molecule has 0 bridgehead atoms. The fraction of sp³-hybridized carbons (Fsp3) is 0.857. The molecule has 2 saturated carbocycles. The number of fused-ring (bicyclic) bond motifs is 1. The fourth-order valence-corrected chi connectivity index (χ4v) is 6.19. The van der Waals surface area contributed by atoms with Crippen molar-refractivity contribution in [2.24, 2.45) is 17.8 Å². The standard InChI is InChI=1S/C21H36O4Si/c1-5-6-7-8-17(22)9-10-18-19-15-21(23-11-12-24-21)14-16(19)13-20(18)25-26(2,3)4/h9-10,16,18-20H,5-8,11-15H2,1-4H3/b10-9+/t16-,18-,19+,20-/m1/s1. The fourth-order valence-electron chi connectivity index (χ4n) is 5.03. The van der Waals surface area contributed by atoms with E-state index in [2.05, 4.69) is 32.6 Å². The van der Waals surface area contributed by atoms with Crippen LogP contribution in [0.5, 0.6) is 0 Å². The first-order chi connectivity index (χ1) is 12.3. The molecule has 0 aromatic rings. The van der Waals surface area contributed by atoms with E-state index in [0.717, 1.165) is 38.5 Å². The van der Waals surface area contributed by atoms with Crippen LogP contribution in [0.3, 0.4) is 0 Å². The summed E-state index contributed by atoms with van der Waals surface area (Å²) in [6, 6.07) is 0. The molecule has 3 aliphatic rings. The Morgan fingerprint density at radius 1 is 1.19 bits per heavy atom. The highest BCUT2D eigenvalue weighted by Crippen LogP contribution is 2.55. The molecule has 3 fully saturated rings. The average Bonchev–Trinajstić information content (AvgIpc) is 3.21. The lowest BCUT2D eigenvalue weighted by atomic mass is 9.90. The first-order valence-electron chi connectivity index (χ1n) is 10.5. The summed E-state index contributed by atoms with van der Waals surface area (Å²) in [4.78, 5) is 12.2. The Balaban J connectivity index is 1.67. The van der Waals surface area contributed by atoms with Crippen LogP contribution in [0.4, 0.5) is 0 Å². The van der Waals surface area contributed by atoms with Crippen LogP contribution in [0.15, 0.2) is 12.2 Å². The molecule has 5 heteroatoms. The van der Waals surface area contributed by atoms with E-state index in [1.165, 1.54) is 0 Å². The summed E-state index contributed by atoms with van der Waals surface area (Å²) in [5.41, 5.74) is 0. The van der Waals surface area contributed by atoms with Crippen LogP contribution in [-0.2, 0) is 18.7 Å². The molecule has 0 aromatic heterocycles. The molecule has 26 heavy (non-hydrogen) atoms. The lowest BCUT2D eigenvalue weighted by Gasteiger charge is -2.30. The van der Waals surface area contributed by atoms with Gasteiger partial charge in [0, 0.05) is 25.2 Å². The van der Waals surface area contributed by atoms with E-state index in [9.17, 15) is 4.79 Å². The number of hydrogen-bond donors (Lipinski definition) is 0. The zero-order valence-electron chi connectivity index (χ0n) is 17.0. The van der Waals surface area contributed by atoms with Crippen molar-refractivity contribution in [1.82, 2.24) is 0 Å². The predicted octanol–water partition coefficient (Wildman–Crippen LogP) is 4.70. The summed E-state index contributed by atoms with van der Waals surface area (Å²) in [5, 5.41) is 0. The molecule has 2 aliphatic carbocycles. The van der Waals surface area contributed by atoms with Gasteiger partial charge in [-0.15, -0.1) is 0 Å². The molecule has 3 rings (SSSR count). The van der Waals surface area contributed by atoms with E-state index in [4.69, 9.17) is 13.9 Å². The Kier molecular flexibility index (Phi) is 6.43. The third kappa shape index (κ3) is 4.86. The van der Waals surface area contributed by atoms with Crippen molar-refractivity contribution in [3.05, 3.63) is 12.2 Å². The minimum absolute atomic E-state index is 0.245. The quantitative estimate of drug-likeness (QED) is 0.348. The van der Waals surface area contributed by atoms with E-state index < -0.39 is 8.32 Å². The maximum atomic E-state index is 12.2. The van der Waals surface area contributed by atoms with Gasteiger partial charge in [-0.3, -0.25) is 4.79 Å². The highest BCUT2D eigenvalue weighted by Gasteiger charge is 2.56. The molecule has 0 unspecified atom stereocenters. The van der Waals surface area contributed by atoms with Gasteiger partial charge in [0.2, 0.25) is 0 Å². The van der Waals surface area contributed by atoms with E-state index in [1.807, 2.05) is 6.08 Å². The van der Waals surface area contributed by atoms with Crippen molar-refractivity contribution in [2.45, 2.75) is 83.4 Å². The maximum Gasteiger partial charge on any atom is 0.184 e. The van der Waals surface area contributed by atoms with Crippen molar-refractivity contribution in [2.75, 3.05) is 13.2 Å². The van der Waals surface area contributed by atoms with E-state index in [1.54, 1.807) is 0 Å². The highest BCUT2D eigenvalue weighted by atomic mass is 28.4. The number of carbonyl (C=O) groups excluding carboxylic acids is 1. The van der Waals surface area contributed by atoms with Crippen LogP contribution in [-0.4, -0.2) is 39.2 Å². The van der Waals surface area contributed by atoms with Crippen molar-refractivity contribution < 1.29 is 18.7 Å². The largest absolute Gasteiger partial charge is 0.414 e. The molecular weight excluding hydrogens is 344 g/mol. The minimum atomic E-state index is -1.62. The minimum Gasteiger partial charge on any atom is -0.414 e. The molecule has 1 spiro atoms. The average molecular weight is 381 g/mol. The number of rotatable bonds is 8. The second kappa shape index (κ2) is 8.25. The molecule has 4 nitrogen and oxygen atoms in total. The number of carbonyl (C=O) groups is 1. The van der Waals surface area contributed by atoms with Gasteiger partial charge in [-0.05, 0) is 50.4 Å². The molecular formula is C21H36O4Si. The topological polar surface area (TPSA) is 44.8 Å². The van der Waals surface area contributed by atoms with E-state index in [0.29, 0.717) is 37.4 Å². The number of ether oxygens (including phenoxy) is 2. The zero-order valence-corrected chi connectivity index (χ0v) is 18.0. The molecule has 0 amide bonds. The van der Waals surface area contributed by atoms with Crippen molar-refractivity contribution in [1.29, 1.82) is 0 Å². The number of allylic oxidation sites excluding steroid dienone is 1. The molecule has 0 N–H and O–H groups in total. The van der Waals surface area contributed by atoms with Crippen LogP contribution >= 0.6 is 0 Å². The van der Waals surface area contributed by atoms with E-state index >= 15 is 0 Å². The maximum absolute atomic E-state index is 12.2. The molecule has 0 aromatic carbocycles. The van der Waals surface area contributed by atoms with Gasteiger partial charge in [-0.2, -0.15) is 0 Å². The number of hydrogen-bond acceptors (Lipinski definition) is 4. The van der Waals surface area contributed by atoms with Gasteiger partial charge in [0.15, 0.2) is 19.9 Å². The van der Waals surface area contributed by atoms with Crippen LogP contribution in [0, 0.1) is 17.8 Å². The van der Waals surface area contributed by atoms with Crippen LogP contribution in [0.25, 0.3) is 0 Å². The molecule has 4 atom stereocenters. The summed E-state index contributed by atoms with van der Waals surface area (Å²) in [7, 11) is -1.62. The first-order valence-corrected chi connectivity index (χ1v) is 13.9. The summed E-state index contributed by atoms with van der Waals surface area (Å²) in [6.07, 6.45) is 11.2. The van der Waals surface area contributed by atoms with Crippen molar-refractivity contribution in [3.8, 4) is 0 Å². The second-order valence-corrected chi connectivity index (χ2v) is 13.8. The Bertz CT molecular complexity index is 519. The summed E-state index contributed by atoms with van der Waals surface area (Å²) in [5.74, 6) is 1.31. The van der Waals surface area contributed by atoms with Gasteiger partial charge in [-0.25, -0.2) is 0 Å². The Hall–Kier alpha value is -0.493. The van der Waals surface area contributed by atoms with Crippen molar-refractivity contribution >= 4 is 14.1 Å². The zero-order chi connectivity index (χ0) is 18.8. The van der Waals surface area contributed by atoms with Gasteiger partial charge < -0.3 is 13.9 Å². The Labute approximate surface area is 159 Å².